The normalized spacial score (nSPS) is 16.0. The van der Waals surface area contributed by atoms with Crippen LogP contribution >= 0.6 is 0 Å². The molecule has 0 unspecified atom stereocenters. The number of hydrogen-bond donors (Lipinski definition) is 3. The quantitative estimate of drug-likeness (QED) is 0.453. The van der Waals surface area contributed by atoms with Crippen LogP contribution in [0.5, 0.6) is 0 Å². The number of amides is 4. The molecular weight excluding hydrogens is 423 g/mol. The Morgan fingerprint density at radius 1 is 1.15 bits per heavy atom. The molecule has 3 N–H and O–H groups in total. The molecule has 0 bridgehead atoms. The highest BCUT2D eigenvalue weighted by Crippen LogP contribution is 2.24. The standard InChI is InChI=1S/C25H27FN4O3/c1-15(2)16-3-6-19(7-4-16)30-24(32)22(29-25(30)33)9-10-23(31)27-12-11-17-14-28-21-8-5-18(26)13-20(17)21/h3-8,13-15,22,28H,9-12H2,1-2H3,(H,27,31)(H,29,33)/t22-/m0/s1. The first-order valence-electron chi connectivity index (χ1n) is 11.1. The van der Waals surface area contributed by atoms with Gasteiger partial charge in [-0.2, -0.15) is 0 Å². The first kappa shape index (κ1) is 22.5. The summed E-state index contributed by atoms with van der Waals surface area (Å²) in [5, 5.41) is 6.29. The van der Waals surface area contributed by atoms with E-state index in [0.29, 0.717) is 24.6 Å². The van der Waals surface area contributed by atoms with Crippen molar-refractivity contribution in [3.8, 4) is 0 Å². The van der Waals surface area contributed by atoms with Crippen LogP contribution in [0.3, 0.4) is 0 Å². The van der Waals surface area contributed by atoms with Crippen LogP contribution in [0.4, 0.5) is 14.9 Å². The summed E-state index contributed by atoms with van der Waals surface area (Å²) in [7, 11) is 0. The average Bonchev–Trinajstić information content (AvgIpc) is 3.31. The predicted molar refractivity (Wildman–Crippen MR) is 125 cm³/mol. The third-order valence-corrected chi connectivity index (χ3v) is 5.94. The van der Waals surface area contributed by atoms with Crippen LogP contribution in [-0.2, 0) is 16.0 Å². The molecular formula is C25H27FN4O3. The van der Waals surface area contributed by atoms with E-state index in [0.717, 1.165) is 26.9 Å². The van der Waals surface area contributed by atoms with E-state index in [9.17, 15) is 18.8 Å². The van der Waals surface area contributed by atoms with E-state index in [2.05, 4.69) is 29.5 Å². The van der Waals surface area contributed by atoms with Gasteiger partial charge in [-0.3, -0.25) is 9.59 Å². The molecule has 3 aromatic rings. The molecule has 1 fully saturated rings. The molecule has 172 valence electrons. The zero-order valence-electron chi connectivity index (χ0n) is 18.7. The number of hydrogen-bond acceptors (Lipinski definition) is 3. The lowest BCUT2D eigenvalue weighted by Gasteiger charge is -2.14. The van der Waals surface area contributed by atoms with Gasteiger partial charge in [-0.1, -0.05) is 26.0 Å². The van der Waals surface area contributed by atoms with E-state index in [1.165, 1.54) is 12.1 Å². The molecule has 1 atom stereocenters. The molecule has 33 heavy (non-hydrogen) atoms. The maximum absolute atomic E-state index is 13.5. The van der Waals surface area contributed by atoms with Gasteiger partial charge < -0.3 is 15.6 Å². The monoisotopic (exact) mass is 450 g/mol. The maximum atomic E-state index is 13.5. The minimum absolute atomic E-state index is 0.110. The molecule has 4 rings (SSSR count). The highest BCUT2D eigenvalue weighted by molar-refractivity contribution is 6.21. The third kappa shape index (κ3) is 4.89. The maximum Gasteiger partial charge on any atom is 0.329 e. The van der Waals surface area contributed by atoms with Crippen molar-refractivity contribution < 1.29 is 18.8 Å². The Balaban J connectivity index is 1.27. The molecule has 0 aliphatic carbocycles. The second kappa shape index (κ2) is 9.44. The number of carbonyl (C=O) groups excluding carboxylic acids is 3. The highest BCUT2D eigenvalue weighted by Gasteiger charge is 2.38. The summed E-state index contributed by atoms with van der Waals surface area (Å²) in [5.41, 5.74) is 3.40. The van der Waals surface area contributed by atoms with Crippen molar-refractivity contribution in [1.29, 1.82) is 0 Å². The number of nitrogens with one attached hydrogen (secondary N) is 3. The van der Waals surface area contributed by atoms with Crippen molar-refractivity contribution in [1.82, 2.24) is 15.6 Å². The summed E-state index contributed by atoms with van der Waals surface area (Å²) in [4.78, 5) is 41.6. The molecule has 1 aromatic heterocycles. The average molecular weight is 451 g/mol. The SMILES string of the molecule is CC(C)c1ccc(N2C(=O)N[C@@H](CCC(=O)NCCc3c[nH]c4ccc(F)cc34)C2=O)cc1. The zero-order valence-corrected chi connectivity index (χ0v) is 18.7. The van der Waals surface area contributed by atoms with Gasteiger partial charge >= 0.3 is 6.03 Å². The number of H-pyrrole nitrogens is 1. The molecule has 0 spiro atoms. The summed E-state index contributed by atoms with van der Waals surface area (Å²) in [5.74, 6) is -0.514. The fourth-order valence-electron chi connectivity index (χ4n) is 4.04. The largest absolute Gasteiger partial charge is 0.361 e. The lowest BCUT2D eigenvalue weighted by Crippen LogP contribution is -2.33. The zero-order chi connectivity index (χ0) is 23.5. The van der Waals surface area contributed by atoms with Gasteiger partial charge in [0.1, 0.15) is 11.9 Å². The Hall–Kier alpha value is -3.68. The van der Waals surface area contributed by atoms with E-state index >= 15 is 0 Å². The fraction of sp³-hybridized carbons (Fsp3) is 0.320. The lowest BCUT2D eigenvalue weighted by molar-refractivity contribution is -0.121. The number of fused-ring (bicyclic) bond motifs is 1. The fourth-order valence-corrected chi connectivity index (χ4v) is 4.04. The van der Waals surface area contributed by atoms with Crippen molar-refractivity contribution in [2.45, 2.75) is 45.1 Å². The van der Waals surface area contributed by atoms with Gasteiger partial charge in [0.05, 0.1) is 5.69 Å². The van der Waals surface area contributed by atoms with Crippen LogP contribution in [-0.4, -0.2) is 35.4 Å². The predicted octanol–water partition coefficient (Wildman–Crippen LogP) is 3.99. The molecule has 0 radical (unpaired) electrons. The summed E-state index contributed by atoms with van der Waals surface area (Å²) in [6, 6.07) is 10.7. The number of anilines is 1. The second-order valence-electron chi connectivity index (χ2n) is 8.56. The molecule has 2 aromatic carbocycles. The minimum atomic E-state index is -0.732. The molecule has 8 heteroatoms. The Labute approximate surface area is 191 Å². The van der Waals surface area contributed by atoms with Crippen LogP contribution in [0.25, 0.3) is 10.9 Å². The van der Waals surface area contributed by atoms with Crippen LogP contribution < -0.4 is 15.5 Å². The van der Waals surface area contributed by atoms with E-state index in [-0.39, 0.29) is 30.5 Å². The molecule has 0 saturated carbocycles. The van der Waals surface area contributed by atoms with E-state index in [4.69, 9.17) is 0 Å². The molecule has 4 amide bonds. The van der Waals surface area contributed by atoms with Crippen molar-refractivity contribution in [3.63, 3.8) is 0 Å². The van der Waals surface area contributed by atoms with Gasteiger partial charge in [-0.25, -0.2) is 14.1 Å². The van der Waals surface area contributed by atoms with Crippen LogP contribution in [0.1, 0.15) is 43.7 Å². The van der Waals surface area contributed by atoms with Crippen molar-refractivity contribution in [3.05, 3.63) is 65.6 Å². The summed E-state index contributed by atoms with van der Waals surface area (Å²) in [6.45, 7) is 4.54. The first-order valence-corrected chi connectivity index (χ1v) is 11.1. The number of urea groups is 1. The molecule has 2 heterocycles. The van der Waals surface area contributed by atoms with Gasteiger partial charge in [0.15, 0.2) is 0 Å². The van der Waals surface area contributed by atoms with Crippen LogP contribution in [0.2, 0.25) is 0 Å². The van der Waals surface area contributed by atoms with E-state index < -0.39 is 12.1 Å². The molecule has 1 aliphatic heterocycles. The number of benzene rings is 2. The van der Waals surface area contributed by atoms with E-state index in [1.54, 1.807) is 18.2 Å². The third-order valence-electron chi connectivity index (χ3n) is 5.94. The van der Waals surface area contributed by atoms with Crippen molar-refractivity contribution >= 4 is 34.4 Å². The van der Waals surface area contributed by atoms with Gasteiger partial charge in [-0.15, -0.1) is 0 Å². The number of aromatic nitrogens is 1. The van der Waals surface area contributed by atoms with E-state index in [1.807, 2.05) is 18.3 Å². The van der Waals surface area contributed by atoms with Crippen molar-refractivity contribution in [2.75, 3.05) is 11.4 Å². The first-order chi connectivity index (χ1) is 15.8. The van der Waals surface area contributed by atoms with Gasteiger partial charge in [0.25, 0.3) is 5.91 Å². The van der Waals surface area contributed by atoms with Crippen LogP contribution in [0.15, 0.2) is 48.7 Å². The number of halogens is 1. The minimum Gasteiger partial charge on any atom is -0.361 e. The highest BCUT2D eigenvalue weighted by atomic mass is 19.1. The summed E-state index contributed by atoms with van der Waals surface area (Å²) in [6.07, 6.45) is 2.69. The van der Waals surface area contributed by atoms with Crippen LogP contribution in [0, 0.1) is 5.82 Å². The number of imide groups is 1. The molecule has 1 aliphatic rings. The number of nitrogens with zero attached hydrogens (tertiary/aromatic N) is 1. The molecule has 1 saturated heterocycles. The van der Waals surface area contributed by atoms with Crippen molar-refractivity contribution in [2.24, 2.45) is 0 Å². The smallest absolute Gasteiger partial charge is 0.329 e. The Morgan fingerprint density at radius 2 is 1.91 bits per heavy atom. The summed E-state index contributed by atoms with van der Waals surface area (Å²) >= 11 is 0. The Morgan fingerprint density at radius 3 is 2.64 bits per heavy atom. The Kier molecular flexibility index (Phi) is 6.44. The Bertz CT molecular complexity index is 1190. The lowest BCUT2D eigenvalue weighted by atomic mass is 10.0. The van der Waals surface area contributed by atoms with Gasteiger partial charge in [0, 0.05) is 30.1 Å². The number of aromatic amines is 1. The number of carbonyl (C=O) groups is 3. The number of rotatable bonds is 8. The summed E-state index contributed by atoms with van der Waals surface area (Å²) < 4.78 is 13.5. The second-order valence-corrected chi connectivity index (χ2v) is 8.56. The molecule has 7 nitrogen and oxygen atoms in total. The van der Waals surface area contributed by atoms with Gasteiger partial charge in [-0.05, 0) is 60.2 Å². The van der Waals surface area contributed by atoms with Gasteiger partial charge in [0.2, 0.25) is 5.91 Å². The topological polar surface area (TPSA) is 94.3 Å².